The highest BCUT2D eigenvalue weighted by Gasteiger charge is 2.42. The second-order valence-electron chi connectivity index (χ2n) is 7.87. The minimum Gasteiger partial charge on any atom is -0.365 e. The van der Waals surface area contributed by atoms with Gasteiger partial charge in [-0.05, 0) is 29.2 Å². The summed E-state index contributed by atoms with van der Waals surface area (Å²) in [6.07, 6.45) is 0.790. The van der Waals surface area contributed by atoms with E-state index < -0.39 is 5.72 Å². The molecule has 0 aromatic heterocycles. The van der Waals surface area contributed by atoms with Gasteiger partial charge in [-0.15, -0.1) is 0 Å². The van der Waals surface area contributed by atoms with E-state index in [4.69, 9.17) is 4.84 Å². The van der Waals surface area contributed by atoms with Crippen molar-refractivity contribution in [2.24, 2.45) is 11.1 Å². The molecule has 1 aliphatic rings. The van der Waals surface area contributed by atoms with Crippen LogP contribution in [0.5, 0.6) is 0 Å². The molecule has 3 aromatic carbocycles. The molecule has 0 aliphatic carbocycles. The van der Waals surface area contributed by atoms with Gasteiger partial charge in [-0.25, -0.2) is 0 Å². The van der Waals surface area contributed by atoms with Crippen LogP contribution in [0.15, 0.2) is 78.0 Å². The van der Waals surface area contributed by atoms with E-state index in [1.165, 1.54) is 16.3 Å². The summed E-state index contributed by atoms with van der Waals surface area (Å²) in [7, 11) is 0. The lowest BCUT2D eigenvalue weighted by molar-refractivity contribution is -0.0859. The van der Waals surface area contributed by atoms with Gasteiger partial charge in [0.15, 0.2) is 5.84 Å². The van der Waals surface area contributed by atoms with Crippen molar-refractivity contribution in [3.63, 3.8) is 0 Å². The van der Waals surface area contributed by atoms with E-state index in [0.717, 1.165) is 24.4 Å². The summed E-state index contributed by atoms with van der Waals surface area (Å²) in [5.74, 6) is 1.43. The van der Waals surface area contributed by atoms with Crippen LogP contribution in [-0.2, 0) is 11.3 Å². The van der Waals surface area contributed by atoms with Crippen molar-refractivity contribution >= 4 is 16.6 Å². The first kappa shape index (κ1) is 17.6. The molecule has 4 rings (SSSR count). The summed E-state index contributed by atoms with van der Waals surface area (Å²) in [6.45, 7) is 7.51. The molecule has 0 N–H and O–H groups in total. The Morgan fingerprint density at radius 1 is 0.926 bits per heavy atom. The van der Waals surface area contributed by atoms with Gasteiger partial charge in [0.05, 0.1) is 0 Å². The fourth-order valence-electron chi connectivity index (χ4n) is 3.83. The molecule has 0 spiro atoms. The molecule has 0 saturated carbocycles. The molecule has 1 aliphatic heterocycles. The SMILES string of the molecule is CC(C)CN1C(c2cccc3ccccc23)=NOC1(C)Cc1ccccc1. The molecule has 1 atom stereocenters. The van der Waals surface area contributed by atoms with E-state index in [1.54, 1.807) is 0 Å². The standard InChI is InChI=1S/C24H26N2O/c1-18(2)17-26-23(22-15-9-13-20-12-7-8-14-21(20)22)25-27-24(26,3)16-19-10-5-4-6-11-19/h4-15,18H,16-17H2,1-3H3. The second-order valence-corrected chi connectivity index (χ2v) is 7.87. The van der Waals surface area contributed by atoms with Crippen molar-refractivity contribution in [2.75, 3.05) is 6.54 Å². The lowest BCUT2D eigenvalue weighted by atomic mass is 9.98. The zero-order valence-corrected chi connectivity index (χ0v) is 16.2. The van der Waals surface area contributed by atoms with Crippen LogP contribution in [0.25, 0.3) is 10.8 Å². The van der Waals surface area contributed by atoms with E-state index in [-0.39, 0.29) is 0 Å². The number of rotatable bonds is 5. The topological polar surface area (TPSA) is 24.8 Å². The maximum absolute atomic E-state index is 6.09. The Labute approximate surface area is 161 Å². The Bertz CT molecular complexity index is 959. The predicted octanol–water partition coefficient (Wildman–Crippen LogP) is 5.45. The Hall–Kier alpha value is -2.81. The highest BCUT2D eigenvalue weighted by Crippen LogP contribution is 2.33. The molecule has 3 aromatic rings. The van der Waals surface area contributed by atoms with Crippen LogP contribution in [0.1, 0.15) is 31.9 Å². The van der Waals surface area contributed by atoms with Gasteiger partial charge in [0.1, 0.15) is 0 Å². The van der Waals surface area contributed by atoms with Crippen LogP contribution in [-0.4, -0.2) is 23.0 Å². The summed E-state index contributed by atoms with van der Waals surface area (Å²) >= 11 is 0. The van der Waals surface area contributed by atoms with Crippen LogP contribution in [0, 0.1) is 5.92 Å². The molecule has 0 saturated heterocycles. The molecule has 1 unspecified atom stereocenters. The van der Waals surface area contributed by atoms with Crippen LogP contribution in [0.3, 0.4) is 0 Å². The number of amidine groups is 1. The van der Waals surface area contributed by atoms with Gasteiger partial charge >= 0.3 is 0 Å². The average Bonchev–Trinajstić information content (AvgIpc) is 2.97. The normalized spacial score (nSPS) is 19.4. The fraction of sp³-hybridized carbons (Fsp3) is 0.292. The van der Waals surface area contributed by atoms with Gasteiger partial charge < -0.3 is 9.74 Å². The third kappa shape index (κ3) is 3.42. The van der Waals surface area contributed by atoms with Crippen LogP contribution >= 0.6 is 0 Å². The maximum Gasteiger partial charge on any atom is 0.212 e. The summed E-state index contributed by atoms with van der Waals surface area (Å²) in [6, 6.07) is 25.3. The van der Waals surface area contributed by atoms with Crippen molar-refractivity contribution in [3.8, 4) is 0 Å². The van der Waals surface area contributed by atoms with Crippen LogP contribution < -0.4 is 0 Å². The highest BCUT2D eigenvalue weighted by molar-refractivity contribution is 6.10. The maximum atomic E-state index is 6.09. The summed E-state index contributed by atoms with van der Waals surface area (Å²) in [5.41, 5.74) is 1.89. The van der Waals surface area contributed by atoms with E-state index in [9.17, 15) is 0 Å². The lowest BCUT2D eigenvalue weighted by Gasteiger charge is -2.36. The number of hydrogen-bond acceptors (Lipinski definition) is 3. The van der Waals surface area contributed by atoms with E-state index in [2.05, 4.69) is 97.6 Å². The number of nitrogens with zero attached hydrogens (tertiary/aromatic N) is 2. The first-order valence-electron chi connectivity index (χ1n) is 9.63. The van der Waals surface area contributed by atoms with Gasteiger partial charge in [0, 0.05) is 18.5 Å². The first-order valence-corrected chi connectivity index (χ1v) is 9.63. The van der Waals surface area contributed by atoms with Crippen LogP contribution in [0.4, 0.5) is 0 Å². The van der Waals surface area contributed by atoms with Gasteiger partial charge in [-0.1, -0.05) is 91.8 Å². The molecule has 1 heterocycles. The molecule has 3 nitrogen and oxygen atoms in total. The lowest BCUT2D eigenvalue weighted by Crippen LogP contribution is -2.49. The molecule has 138 valence electrons. The molecule has 27 heavy (non-hydrogen) atoms. The van der Waals surface area contributed by atoms with Crippen LogP contribution in [0.2, 0.25) is 0 Å². The minimum atomic E-state index is -0.488. The molecule has 3 heteroatoms. The van der Waals surface area contributed by atoms with Gasteiger partial charge in [0.2, 0.25) is 5.72 Å². The predicted molar refractivity (Wildman–Crippen MR) is 112 cm³/mol. The van der Waals surface area contributed by atoms with Crippen molar-refractivity contribution in [3.05, 3.63) is 83.9 Å². The summed E-state index contributed by atoms with van der Waals surface area (Å²) in [5, 5.41) is 7.01. The minimum absolute atomic E-state index is 0.488. The number of hydrogen-bond donors (Lipinski definition) is 0. The van der Waals surface area contributed by atoms with E-state index in [0.29, 0.717) is 5.92 Å². The molecule has 0 radical (unpaired) electrons. The monoisotopic (exact) mass is 358 g/mol. The smallest absolute Gasteiger partial charge is 0.212 e. The van der Waals surface area contributed by atoms with Gasteiger partial charge in [0.25, 0.3) is 0 Å². The Balaban J connectivity index is 1.74. The largest absolute Gasteiger partial charge is 0.365 e. The number of fused-ring (bicyclic) bond motifs is 1. The first-order chi connectivity index (χ1) is 13.1. The number of oxime groups is 1. The Morgan fingerprint density at radius 2 is 1.63 bits per heavy atom. The van der Waals surface area contributed by atoms with E-state index >= 15 is 0 Å². The zero-order chi connectivity index (χ0) is 18.9. The van der Waals surface area contributed by atoms with Crippen molar-refractivity contribution in [2.45, 2.75) is 32.9 Å². The zero-order valence-electron chi connectivity index (χ0n) is 16.2. The third-order valence-electron chi connectivity index (χ3n) is 5.11. The third-order valence-corrected chi connectivity index (χ3v) is 5.11. The van der Waals surface area contributed by atoms with Crippen molar-refractivity contribution in [1.29, 1.82) is 0 Å². The molecular weight excluding hydrogens is 332 g/mol. The van der Waals surface area contributed by atoms with Crippen molar-refractivity contribution < 1.29 is 4.84 Å². The number of benzene rings is 3. The molecular formula is C24H26N2O. The fourth-order valence-corrected chi connectivity index (χ4v) is 3.83. The summed E-state index contributed by atoms with van der Waals surface area (Å²) < 4.78 is 0. The quantitative estimate of drug-likeness (QED) is 0.606. The molecule has 0 fully saturated rings. The second kappa shape index (κ2) is 7.07. The molecule has 0 bridgehead atoms. The Morgan fingerprint density at radius 3 is 2.41 bits per heavy atom. The van der Waals surface area contributed by atoms with Crippen molar-refractivity contribution in [1.82, 2.24) is 4.90 Å². The summed E-state index contributed by atoms with van der Waals surface area (Å²) in [4.78, 5) is 8.43. The Kier molecular flexibility index (Phi) is 4.61. The molecule has 0 amide bonds. The van der Waals surface area contributed by atoms with E-state index in [1.807, 2.05) is 6.07 Å². The highest BCUT2D eigenvalue weighted by atomic mass is 16.7. The average molecular weight is 358 g/mol. The van der Waals surface area contributed by atoms with Gasteiger partial charge in [-0.3, -0.25) is 0 Å². The van der Waals surface area contributed by atoms with Gasteiger partial charge in [-0.2, -0.15) is 0 Å².